The number of carbonyl (C=O) groups is 2. The molecule has 31 heavy (non-hydrogen) atoms. The highest BCUT2D eigenvalue weighted by Crippen LogP contribution is 2.50. The quantitative estimate of drug-likeness (QED) is 0.241. The first-order valence-corrected chi connectivity index (χ1v) is 11.2. The third-order valence-electron chi connectivity index (χ3n) is 3.89. The van der Waals surface area contributed by atoms with Crippen LogP contribution in [-0.2, 0) is 43.8 Å². The lowest BCUT2D eigenvalue weighted by Crippen LogP contribution is -2.23. The van der Waals surface area contributed by atoms with E-state index in [0.717, 1.165) is 11.1 Å². The van der Waals surface area contributed by atoms with Crippen LogP contribution in [0.5, 0.6) is 0 Å². The molecule has 0 aliphatic carbocycles. The Bertz CT molecular complexity index is 806. The summed E-state index contributed by atoms with van der Waals surface area (Å²) in [6, 6.07) is 7.43. The van der Waals surface area contributed by atoms with Gasteiger partial charge in [0, 0.05) is 11.1 Å². The molecule has 0 fully saturated rings. The van der Waals surface area contributed by atoms with Gasteiger partial charge in [-0.1, -0.05) is 37.4 Å². The normalized spacial score (nSPS) is 14.7. The van der Waals surface area contributed by atoms with Gasteiger partial charge in [-0.2, -0.15) is 0 Å². The molecular formula is C22H31O8P. The van der Waals surface area contributed by atoms with E-state index in [4.69, 9.17) is 23.0 Å². The largest absolute Gasteiger partial charge is 0.475 e. The molecule has 0 amide bonds. The Hall–Kier alpha value is -2.25. The number of rotatable bonds is 13. The number of ether oxygens (including phenoxy) is 2. The van der Waals surface area contributed by atoms with Crippen LogP contribution in [0.15, 0.2) is 48.6 Å². The average molecular weight is 454 g/mol. The highest BCUT2D eigenvalue weighted by Gasteiger charge is 2.30. The molecule has 172 valence electrons. The first-order valence-electron chi connectivity index (χ1n) is 9.74. The molecule has 0 bridgehead atoms. The number of esters is 2. The fourth-order valence-electron chi connectivity index (χ4n) is 2.06. The molecule has 9 heteroatoms. The molecule has 0 aliphatic heterocycles. The van der Waals surface area contributed by atoms with Crippen LogP contribution in [0.2, 0.25) is 0 Å². The van der Waals surface area contributed by atoms with E-state index in [9.17, 15) is 14.2 Å². The lowest BCUT2D eigenvalue weighted by molar-refractivity contribution is -0.145. The summed E-state index contributed by atoms with van der Waals surface area (Å²) in [5.74, 6) is -1.18. The maximum atomic E-state index is 13.2. The maximum absolute atomic E-state index is 13.2. The Morgan fingerprint density at radius 1 is 0.903 bits per heavy atom. The lowest BCUT2D eigenvalue weighted by Gasteiger charge is -2.22. The zero-order valence-electron chi connectivity index (χ0n) is 18.7. The van der Waals surface area contributed by atoms with Crippen LogP contribution in [0.4, 0.5) is 0 Å². The van der Waals surface area contributed by atoms with E-state index in [-0.39, 0.29) is 31.0 Å². The molecule has 2 unspecified atom stereocenters. The van der Waals surface area contributed by atoms with Crippen molar-refractivity contribution in [3.63, 3.8) is 0 Å². The van der Waals surface area contributed by atoms with Crippen molar-refractivity contribution >= 4 is 19.8 Å². The topological polar surface area (TPSA) is 97.4 Å². The molecule has 0 saturated carbocycles. The number of phosphoric ester groups is 1. The number of hydrogen-bond acceptors (Lipinski definition) is 8. The summed E-state index contributed by atoms with van der Waals surface area (Å²) < 4.78 is 39.7. The molecule has 0 N–H and O–H groups in total. The Morgan fingerprint density at radius 3 is 1.77 bits per heavy atom. The van der Waals surface area contributed by atoms with Gasteiger partial charge in [0.25, 0.3) is 0 Å². The zero-order valence-corrected chi connectivity index (χ0v) is 19.6. The van der Waals surface area contributed by atoms with Crippen molar-refractivity contribution in [2.24, 2.45) is 0 Å². The third kappa shape index (κ3) is 10.1. The first-order chi connectivity index (χ1) is 14.4. The summed E-state index contributed by atoms with van der Waals surface area (Å²) in [6.45, 7) is 14.6. The van der Waals surface area contributed by atoms with Crippen LogP contribution < -0.4 is 0 Å². The molecule has 0 heterocycles. The van der Waals surface area contributed by atoms with Crippen LogP contribution >= 0.6 is 7.82 Å². The van der Waals surface area contributed by atoms with E-state index < -0.39 is 32.0 Å². The van der Waals surface area contributed by atoms with Crippen molar-refractivity contribution in [3.8, 4) is 0 Å². The minimum Gasteiger partial charge on any atom is -0.457 e. The highest BCUT2D eigenvalue weighted by molar-refractivity contribution is 7.48. The van der Waals surface area contributed by atoms with Gasteiger partial charge in [-0.15, -0.1) is 0 Å². The zero-order chi connectivity index (χ0) is 23.6. The molecule has 1 rings (SSSR count). The summed E-state index contributed by atoms with van der Waals surface area (Å²) in [4.78, 5) is 23.3. The predicted octanol–water partition coefficient (Wildman–Crippen LogP) is 4.67. The Labute approximate surface area is 183 Å². The van der Waals surface area contributed by atoms with Crippen LogP contribution in [0, 0.1) is 6.92 Å². The summed E-state index contributed by atoms with van der Waals surface area (Å²) in [7, 11) is -4.07. The summed E-state index contributed by atoms with van der Waals surface area (Å²) in [5.41, 5.74) is 2.21. The highest BCUT2D eigenvalue weighted by atomic mass is 31.2. The van der Waals surface area contributed by atoms with Crippen molar-refractivity contribution in [2.75, 3.05) is 13.2 Å². The molecule has 0 aliphatic rings. The predicted molar refractivity (Wildman–Crippen MR) is 116 cm³/mol. The van der Waals surface area contributed by atoms with Crippen molar-refractivity contribution < 1.29 is 37.2 Å². The van der Waals surface area contributed by atoms with Crippen LogP contribution in [0.25, 0.3) is 0 Å². The van der Waals surface area contributed by atoms with Crippen LogP contribution in [0.3, 0.4) is 0 Å². The summed E-state index contributed by atoms with van der Waals surface area (Å²) in [6.07, 6.45) is -1.44. The molecule has 0 aromatic heterocycles. The van der Waals surface area contributed by atoms with E-state index >= 15 is 0 Å². The fraction of sp³-hybridized carbons (Fsp3) is 0.455. The number of carbonyl (C=O) groups excluding carboxylic acids is 2. The van der Waals surface area contributed by atoms with Gasteiger partial charge in [0.15, 0.2) is 0 Å². The van der Waals surface area contributed by atoms with Gasteiger partial charge in [-0.05, 0) is 45.7 Å². The molecule has 2 atom stereocenters. The van der Waals surface area contributed by atoms with Crippen molar-refractivity contribution in [2.45, 2.75) is 53.4 Å². The minimum absolute atomic E-state index is 0.0240. The van der Waals surface area contributed by atoms with Gasteiger partial charge >= 0.3 is 19.8 Å². The molecule has 8 nitrogen and oxygen atoms in total. The second-order valence-electron chi connectivity index (χ2n) is 7.23. The number of benzene rings is 1. The average Bonchev–Trinajstić information content (AvgIpc) is 2.70. The second-order valence-corrected chi connectivity index (χ2v) is 8.90. The van der Waals surface area contributed by atoms with Gasteiger partial charge < -0.3 is 9.47 Å². The SMILES string of the molecule is C=C(C)C(=O)OC(C)COP(=O)(OCc1ccccc1C)OCC(C)OC(=O)C(=C)C. The fourth-order valence-corrected chi connectivity index (χ4v) is 3.37. The van der Waals surface area contributed by atoms with Crippen molar-refractivity contribution in [1.29, 1.82) is 0 Å². The molecule has 1 aromatic rings. The van der Waals surface area contributed by atoms with Crippen LogP contribution in [0.1, 0.15) is 38.8 Å². The van der Waals surface area contributed by atoms with E-state index in [1.807, 2.05) is 31.2 Å². The molecule has 0 saturated heterocycles. The van der Waals surface area contributed by atoms with E-state index in [1.54, 1.807) is 13.8 Å². The number of phosphoric acid groups is 1. The summed E-state index contributed by atoms with van der Waals surface area (Å²) >= 11 is 0. The number of hydrogen-bond donors (Lipinski definition) is 0. The van der Waals surface area contributed by atoms with E-state index in [0.29, 0.717) is 0 Å². The Balaban J connectivity index is 2.79. The third-order valence-corrected chi connectivity index (χ3v) is 5.26. The molecule has 0 spiro atoms. The van der Waals surface area contributed by atoms with E-state index in [1.165, 1.54) is 13.8 Å². The second kappa shape index (κ2) is 12.6. The Morgan fingerprint density at radius 2 is 1.35 bits per heavy atom. The van der Waals surface area contributed by atoms with Crippen molar-refractivity contribution in [3.05, 3.63) is 59.7 Å². The van der Waals surface area contributed by atoms with Gasteiger partial charge in [0.05, 0.1) is 19.8 Å². The lowest BCUT2D eigenvalue weighted by atomic mass is 10.1. The monoisotopic (exact) mass is 454 g/mol. The minimum atomic E-state index is -4.07. The molecule has 0 radical (unpaired) electrons. The maximum Gasteiger partial charge on any atom is 0.475 e. The molecule has 1 aromatic carbocycles. The first kappa shape index (κ1) is 26.8. The van der Waals surface area contributed by atoms with Gasteiger partial charge in [-0.3, -0.25) is 13.6 Å². The standard InChI is InChI=1S/C22H31O8P/c1-15(2)21(23)29-18(6)12-26-31(25,27-13-19(7)30-22(24)16(3)4)28-14-20-11-9-8-10-17(20)5/h8-11,18-19H,1,3,12-14H2,2,4-7H3. The smallest absolute Gasteiger partial charge is 0.457 e. The van der Waals surface area contributed by atoms with Crippen molar-refractivity contribution in [1.82, 2.24) is 0 Å². The van der Waals surface area contributed by atoms with E-state index in [2.05, 4.69) is 13.2 Å². The van der Waals surface area contributed by atoms with Gasteiger partial charge in [0.2, 0.25) is 0 Å². The molecular weight excluding hydrogens is 423 g/mol. The van der Waals surface area contributed by atoms with Gasteiger partial charge in [-0.25, -0.2) is 14.2 Å². The van der Waals surface area contributed by atoms with Crippen LogP contribution in [-0.4, -0.2) is 37.4 Å². The Kier molecular flexibility index (Phi) is 10.9. The number of aryl methyl sites for hydroxylation is 1. The summed E-state index contributed by atoms with van der Waals surface area (Å²) in [5, 5.41) is 0. The van der Waals surface area contributed by atoms with Gasteiger partial charge in [0.1, 0.15) is 12.2 Å².